The maximum atomic E-state index is 13.2. The lowest BCUT2D eigenvalue weighted by Crippen LogP contribution is -2.18. The van der Waals surface area contributed by atoms with Crippen LogP contribution in [-0.4, -0.2) is 6.54 Å². The highest BCUT2D eigenvalue weighted by molar-refractivity contribution is 5.45. The third kappa shape index (κ3) is 2.89. The van der Waals surface area contributed by atoms with E-state index in [4.69, 9.17) is 0 Å². The van der Waals surface area contributed by atoms with E-state index in [2.05, 4.69) is 17.4 Å². The second-order valence-corrected chi connectivity index (χ2v) is 5.42. The molecule has 1 aliphatic carbocycles. The minimum atomic E-state index is -1.43. The fourth-order valence-electron chi connectivity index (χ4n) is 2.97. The van der Waals surface area contributed by atoms with Crippen LogP contribution < -0.4 is 5.32 Å². The van der Waals surface area contributed by atoms with Crippen LogP contribution in [0.15, 0.2) is 36.4 Å². The van der Waals surface area contributed by atoms with Gasteiger partial charge >= 0.3 is 0 Å². The number of fused-ring (bicyclic) bond motifs is 1. The molecule has 1 nitrogen and oxygen atoms in total. The summed E-state index contributed by atoms with van der Waals surface area (Å²) in [4.78, 5) is 0. The standard InChI is InChI=1S/C17H16F3N/c18-15-8-13(9-16(19)17(15)20)21-10-12-6-3-5-11-4-1-2-7-14(11)12/h1-2,4,7-9,12,21H,3,5-6,10H2. The Labute approximate surface area is 121 Å². The molecule has 0 spiro atoms. The molecule has 0 saturated carbocycles. The lowest BCUT2D eigenvalue weighted by molar-refractivity contribution is 0.447. The molecule has 2 aromatic rings. The van der Waals surface area contributed by atoms with Crippen LogP contribution in [0.5, 0.6) is 0 Å². The first kappa shape index (κ1) is 14.0. The van der Waals surface area contributed by atoms with Gasteiger partial charge in [0, 0.05) is 30.3 Å². The van der Waals surface area contributed by atoms with Gasteiger partial charge in [0.25, 0.3) is 0 Å². The van der Waals surface area contributed by atoms with E-state index in [-0.39, 0.29) is 5.69 Å². The fraction of sp³-hybridized carbons (Fsp3) is 0.294. The quantitative estimate of drug-likeness (QED) is 0.813. The van der Waals surface area contributed by atoms with Crippen LogP contribution in [0.3, 0.4) is 0 Å². The van der Waals surface area contributed by atoms with Crippen molar-refractivity contribution in [2.45, 2.75) is 25.2 Å². The maximum absolute atomic E-state index is 13.2. The monoisotopic (exact) mass is 291 g/mol. The topological polar surface area (TPSA) is 12.0 Å². The summed E-state index contributed by atoms with van der Waals surface area (Å²) in [5.74, 6) is -3.45. The number of rotatable bonds is 3. The van der Waals surface area contributed by atoms with Crippen LogP contribution in [0.25, 0.3) is 0 Å². The number of hydrogen-bond acceptors (Lipinski definition) is 1. The summed E-state index contributed by atoms with van der Waals surface area (Å²) in [5, 5.41) is 3.02. The van der Waals surface area contributed by atoms with Crippen molar-refractivity contribution in [2.24, 2.45) is 0 Å². The van der Waals surface area contributed by atoms with Crippen molar-refractivity contribution in [1.82, 2.24) is 0 Å². The Kier molecular flexibility index (Phi) is 3.86. The molecule has 1 atom stereocenters. The number of hydrogen-bond donors (Lipinski definition) is 1. The Bertz CT molecular complexity index is 631. The Hall–Kier alpha value is -1.97. The van der Waals surface area contributed by atoms with E-state index in [0.29, 0.717) is 12.5 Å². The van der Waals surface area contributed by atoms with Gasteiger partial charge in [0.2, 0.25) is 0 Å². The average Bonchev–Trinajstić information content (AvgIpc) is 2.50. The molecule has 1 aliphatic rings. The number of aryl methyl sites for hydroxylation is 1. The second kappa shape index (κ2) is 5.80. The van der Waals surface area contributed by atoms with Crippen molar-refractivity contribution >= 4 is 5.69 Å². The van der Waals surface area contributed by atoms with E-state index in [1.54, 1.807) is 0 Å². The predicted molar refractivity (Wildman–Crippen MR) is 76.9 cm³/mol. The van der Waals surface area contributed by atoms with E-state index in [0.717, 1.165) is 31.4 Å². The van der Waals surface area contributed by atoms with Gasteiger partial charge in [-0.15, -0.1) is 0 Å². The summed E-state index contributed by atoms with van der Waals surface area (Å²) in [6.07, 6.45) is 3.22. The molecule has 0 aromatic heterocycles. The van der Waals surface area contributed by atoms with Crippen LogP contribution in [0.1, 0.15) is 29.9 Å². The molecule has 2 aromatic carbocycles. The van der Waals surface area contributed by atoms with E-state index in [1.807, 2.05) is 12.1 Å². The highest BCUT2D eigenvalue weighted by atomic mass is 19.2. The summed E-state index contributed by atoms with van der Waals surface area (Å²) in [6, 6.07) is 10.2. The maximum Gasteiger partial charge on any atom is 0.194 e. The zero-order valence-corrected chi connectivity index (χ0v) is 11.5. The molecule has 1 N–H and O–H groups in total. The molecule has 0 fully saturated rings. The molecule has 0 heterocycles. The zero-order chi connectivity index (χ0) is 14.8. The summed E-state index contributed by atoms with van der Waals surface area (Å²) >= 11 is 0. The van der Waals surface area contributed by atoms with Crippen LogP contribution in [-0.2, 0) is 6.42 Å². The van der Waals surface area contributed by atoms with Gasteiger partial charge in [-0.25, -0.2) is 13.2 Å². The lowest BCUT2D eigenvalue weighted by atomic mass is 9.83. The van der Waals surface area contributed by atoms with Crippen LogP contribution >= 0.6 is 0 Å². The Morgan fingerprint density at radius 1 is 1.05 bits per heavy atom. The van der Waals surface area contributed by atoms with Gasteiger partial charge in [-0.2, -0.15) is 0 Å². The Morgan fingerprint density at radius 2 is 1.76 bits per heavy atom. The van der Waals surface area contributed by atoms with Crippen molar-refractivity contribution in [3.63, 3.8) is 0 Å². The molecule has 0 aliphatic heterocycles. The van der Waals surface area contributed by atoms with E-state index >= 15 is 0 Å². The van der Waals surface area contributed by atoms with Crippen molar-refractivity contribution < 1.29 is 13.2 Å². The smallest absolute Gasteiger partial charge is 0.194 e. The molecule has 21 heavy (non-hydrogen) atoms. The molecule has 0 amide bonds. The first-order valence-corrected chi connectivity index (χ1v) is 7.11. The van der Waals surface area contributed by atoms with Gasteiger partial charge < -0.3 is 5.32 Å². The third-order valence-corrected chi connectivity index (χ3v) is 4.03. The first-order valence-electron chi connectivity index (χ1n) is 7.11. The minimum absolute atomic E-state index is 0.273. The zero-order valence-electron chi connectivity index (χ0n) is 11.5. The summed E-state index contributed by atoms with van der Waals surface area (Å²) < 4.78 is 39.3. The van der Waals surface area contributed by atoms with E-state index in [1.165, 1.54) is 11.1 Å². The highest BCUT2D eigenvalue weighted by Gasteiger charge is 2.19. The number of nitrogens with one attached hydrogen (secondary N) is 1. The number of anilines is 1. The molecule has 0 radical (unpaired) electrons. The molecule has 110 valence electrons. The van der Waals surface area contributed by atoms with Crippen molar-refractivity contribution in [1.29, 1.82) is 0 Å². The normalized spacial score (nSPS) is 17.4. The molecular formula is C17H16F3N. The summed E-state index contributed by atoms with van der Waals surface area (Å²) in [6.45, 7) is 0.585. The number of benzene rings is 2. The molecule has 4 heteroatoms. The summed E-state index contributed by atoms with van der Waals surface area (Å²) in [5.41, 5.74) is 2.90. The fourth-order valence-corrected chi connectivity index (χ4v) is 2.97. The third-order valence-electron chi connectivity index (χ3n) is 4.03. The van der Waals surface area contributed by atoms with Crippen LogP contribution in [0, 0.1) is 17.5 Å². The van der Waals surface area contributed by atoms with Crippen LogP contribution in [0.2, 0.25) is 0 Å². The van der Waals surface area contributed by atoms with Gasteiger partial charge in [-0.3, -0.25) is 0 Å². The average molecular weight is 291 g/mol. The van der Waals surface area contributed by atoms with Gasteiger partial charge in [-0.1, -0.05) is 24.3 Å². The van der Waals surface area contributed by atoms with Gasteiger partial charge in [0.15, 0.2) is 17.5 Å². The van der Waals surface area contributed by atoms with Crippen molar-refractivity contribution in [2.75, 3.05) is 11.9 Å². The number of halogens is 3. The van der Waals surface area contributed by atoms with E-state index < -0.39 is 17.5 Å². The summed E-state index contributed by atoms with van der Waals surface area (Å²) in [7, 11) is 0. The van der Waals surface area contributed by atoms with E-state index in [9.17, 15) is 13.2 Å². The van der Waals surface area contributed by atoms with Gasteiger partial charge in [-0.05, 0) is 30.4 Å². The Morgan fingerprint density at radius 3 is 2.52 bits per heavy atom. The molecule has 3 rings (SSSR count). The van der Waals surface area contributed by atoms with Crippen LogP contribution in [0.4, 0.5) is 18.9 Å². The molecule has 0 bridgehead atoms. The van der Waals surface area contributed by atoms with Gasteiger partial charge in [0.1, 0.15) is 0 Å². The first-order chi connectivity index (χ1) is 10.1. The van der Waals surface area contributed by atoms with Gasteiger partial charge in [0.05, 0.1) is 0 Å². The second-order valence-electron chi connectivity index (χ2n) is 5.42. The predicted octanol–water partition coefficient (Wildman–Crippen LogP) is 4.64. The van der Waals surface area contributed by atoms with Crippen molar-refractivity contribution in [3.05, 3.63) is 65.0 Å². The van der Waals surface area contributed by atoms with Crippen molar-refractivity contribution in [3.8, 4) is 0 Å². The minimum Gasteiger partial charge on any atom is -0.384 e. The SMILES string of the molecule is Fc1cc(NCC2CCCc3ccccc32)cc(F)c1F. The Balaban J connectivity index is 1.74. The molecule has 1 unspecified atom stereocenters. The molecular weight excluding hydrogens is 275 g/mol. The molecule has 0 saturated heterocycles. The lowest BCUT2D eigenvalue weighted by Gasteiger charge is -2.26. The largest absolute Gasteiger partial charge is 0.384 e. The highest BCUT2D eigenvalue weighted by Crippen LogP contribution is 2.31.